The van der Waals surface area contributed by atoms with Crippen LogP contribution in [-0.4, -0.2) is 46.6 Å². The summed E-state index contributed by atoms with van der Waals surface area (Å²) in [6.45, 7) is 7.82. The number of ether oxygens (including phenoxy) is 1. The van der Waals surface area contributed by atoms with Crippen LogP contribution in [0.2, 0.25) is 0 Å². The molecule has 21 heavy (non-hydrogen) atoms. The van der Waals surface area contributed by atoms with Crippen LogP contribution in [-0.2, 0) is 10.0 Å². The zero-order valence-corrected chi connectivity index (χ0v) is 13.9. The average Bonchev–Trinajstić information content (AvgIpc) is 2.51. The van der Waals surface area contributed by atoms with Gasteiger partial charge in [0.05, 0.1) is 12.0 Å². The molecule has 0 bridgehead atoms. The summed E-state index contributed by atoms with van der Waals surface area (Å²) in [5, 5.41) is 0. The van der Waals surface area contributed by atoms with Gasteiger partial charge in [-0.15, -0.1) is 0 Å². The molecule has 0 amide bonds. The molecule has 0 fully saturated rings. The topological polar surface area (TPSA) is 58.6 Å². The number of hydrogen-bond donors (Lipinski definition) is 1. The van der Waals surface area contributed by atoms with Crippen molar-refractivity contribution in [3.63, 3.8) is 0 Å². The van der Waals surface area contributed by atoms with Crippen molar-refractivity contribution in [2.45, 2.75) is 31.6 Å². The van der Waals surface area contributed by atoms with Gasteiger partial charge in [0.15, 0.2) is 0 Å². The third-order valence-electron chi connectivity index (χ3n) is 3.46. The Balaban J connectivity index is 2.39. The summed E-state index contributed by atoms with van der Waals surface area (Å²) in [7, 11) is -1.86. The Morgan fingerprint density at radius 3 is 2.24 bits per heavy atom. The molecule has 0 aliphatic carbocycles. The smallest absolute Gasteiger partial charge is 0.240 e. The SMILES string of the molecule is CCN(CC)CCCCNS(=O)(=O)c1ccc(OC)cc1. The van der Waals surface area contributed by atoms with Crippen molar-refractivity contribution in [1.82, 2.24) is 9.62 Å². The van der Waals surface area contributed by atoms with Crippen LogP contribution >= 0.6 is 0 Å². The highest BCUT2D eigenvalue weighted by Crippen LogP contribution is 2.15. The van der Waals surface area contributed by atoms with Crippen LogP contribution in [0.1, 0.15) is 26.7 Å². The van der Waals surface area contributed by atoms with Gasteiger partial charge in [0.2, 0.25) is 10.0 Å². The van der Waals surface area contributed by atoms with Gasteiger partial charge in [-0.3, -0.25) is 0 Å². The molecule has 0 heterocycles. The second-order valence-electron chi connectivity index (χ2n) is 4.81. The number of sulfonamides is 1. The van der Waals surface area contributed by atoms with E-state index in [1.165, 1.54) is 0 Å². The van der Waals surface area contributed by atoms with Gasteiger partial charge in [-0.2, -0.15) is 0 Å². The standard InChI is InChI=1S/C15H26N2O3S/c1-4-17(5-2)13-7-6-12-16-21(18,19)15-10-8-14(20-3)9-11-15/h8-11,16H,4-7,12-13H2,1-3H3. The number of nitrogens with one attached hydrogen (secondary N) is 1. The first-order chi connectivity index (χ1) is 10.0. The Labute approximate surface area is 128 Å². The zero-order chi connectivity index (χ0) is 15.7. The van der Waals surface area contributed by atoms with E-state index < -0.39 is 10.0 Å². The molecule has 0 saturated heterocycles. The second kappa shape index (κ2) is 9.02. The largest absolute Gasteiger partial charge is 0.497 e. The molecule has 0 unspecified atom stereocenters. The number of rotatable bonds is 10. The molecule has 1 aromatic carbocycles. The zero-order valence-electron chi connectivity index (χ0n) is 13.1. The molecule has 0 aliphatic heterocycles. The highest BCUT2D eigenvalue weighted by atomic mass is 32.2. The van der Waals surface area contributed by atoms with Gasteiger partial charge < -0.3 is 9.64 Å². The number of nitrogens with zero attached hydrogens (tertiary/aromatic N) is 1. The van der Waals surface area contributed by atoms with E-state index in [4.69, 9.17) is 4.74 Å². The molecular formula is C15H26N2O3S. The van der Waals surface area contributed by atoms with E-state index in [2.05, 4.69) is 23.5 Å². The number of methoxy groups -OCH3 is 1. The van der Waals surface area contributed by atoms with E-state index in [-0.39, 0.29) is 4.90 Å². The fourth-order valence-electron chi connectivity index (χ4n) is 2.04. The number of hydrogen-bond acceptors (Lipinski definition) is 4. The van der Waals surface area contributed by atoms with Gasteiger partial charge in [-0.05, 0) is 56.7 Å². The van der Waals surface area contributed by atoms with Gasteiger partial charge in [0.1, 0.15) is 5.75 Å². The average molecular weight is 314 g/mol. The monoisotopic (exact) mass is 314 g/mol. The Hall–Kier alpha value is -1.11. The lowest BCUT2D eigenvalue weighted by Crippen LogP contribution is -2.27. The minimum atomic E-state index is -3.42. The molecule has 0 aliphatic rings. The van der Waals surface area contributed by atoms with Gasteiger partial charge >= 0.3 is 0 Å². The second-order valence-corrected chi connectivity index (χ2v) is 6.57. The van der Waals surface area contributed by atoms with Crippen molar-refractivity contribution in [1.29, 1.82) is 0 Å². The fourth-order valence-corrected chi connectivity index (χ4v) is 3.12. The minimum Gasteiger partial charge on any atom is -0.497 e. The van der Waals surface area contributed by atoms with Gasteiger partial charge in [0.25, 0.3) is 0 Å². The molecule has 1 rings (SSSR count). The first-order valence-electron chi connectivity index (χ1n) is 7.39. The van der Waals surface area contributed by atoms with Crippen molar-refractivity contribution >= 4 is 10.0 Å². The van der Waals surface area contributed by atoms with E-state index in [1.807, 2.05) is 0 Å². The lowest BCUT2D eigenvalue weighted by Gasteiger charge is -2.17. The molecule has 0 atom stereocenters. The highest BCUT2D eigenvalue weighted by molar-refractivity contribution is 7.89. The lowest BCUT2D eigenvalue weighted by molar-refractivity contribution is 0.297. The molecule has 6 heteroatoms. The molecule has 120 valence electrons. The fraction of sp³-hybridized carbons (Fsp3) is 0.600. The minimum absolute atomic E-state index is 0.270. The summed E-state index contributed by atoms with van der Waals surface area (Å²) >= 11 is 0. The van der Waals surface area contributed by atoms with E-state index in [1.54, 1.807) is 31.4 Å². The lowest BCUT2D eigenvalue weighted by atomic mass is 10.3. The van der Waals surface area contributed by atoms with Crippen LogP contribution in [0, 0.1) is 0 Å². The van der Waals surface area contributed by atoms with E-state index in [0.717, 1.165) is 32.5 Å². The van der Waals surface area contributed by atoms with Crippen molar-refractivity contribution in [2.24, 2.45) is 0 Å². The molecule has 0 aromatic heterocycles. The Morgan fingerprint density at radius 2 is 1.71 bits per heavy atom. The maximum Gasteiger partial charge on any atom is 0.240 e. The van der Waals surface area contributed by atoms with E-state index in [0.29, 0.717) is 12.3 Å². The van der Waals surface area contributed by atoms with Crippen LogP contribution < -0.4 is 9.46 Å². The van der Waals surface area contributed by atoms with Crippen LogP contribution in [0.4, 0.5) is 0 Å². The van der Waals surface area contributed by atoms with Crippen molar-refractivity contribution in [3.8, 4) is 5.75 Å². The predicted octanol–water partition coefficient (Wildman–Crippen LogP) is 2.10. The van der Waals surface area contributed by atoms with Crippen LogP contribution in [0.3, 0.4) is 0 Å². The van der Waals surface area contributed by atoms with Crippen LogP contribution in [0.15, 0.2) is 29.2 Å². The quantitative estimate of drug-likeness (QED) is 0.672. The maximum absolute atomic E-state index is 12.1. The van der Waals surface area contributed by atoms with Crippen molar-refractivity contribution in [2.75, 3.05) is 33.3 Å². The molecule has 0 spiro atoms. The summed E-state index contributed by atoms with van der Waals surface area (Å²) in [5.74, 6) is 0.646. The van der Waals surface area contributed by atoms with Crippen molar-refractivity contribution in [3.05, 3.63) is 24.3 Å². The predicted molar refractivity (Wildman–Crippen MR) is 85.2 cm³/mol. The Bertz CT molecular complexity index is 496. The van der Waals surface area contributed by atoms with Crippen LogP contribution in [0.5, 0.6) is 5.75 Å². The van der Waals surface area contributed by atoms with Crippen molar-refractivity contribution < 1.29 is 13.2 Å². The molecular weight excluding hydrogens is 288 g/mol. The maximum atomic E-state index is 12.1. The summed E-state index contributed by atoms with van der Waals surface area (Å²) in [5.41, 5.74) is 0. The van der Waals surface area contributed by atoms with E-state index >= 15 is 0 Å². The Kier molecular flexibility index (Phi) is 7.71. The third-order valence-corrected chi connectivity index (χ3v) is 4.93. The molecule has 1 N–H and O–H groups in total. The first-order valence-corrected chi connectivity index (χ1v) is 8.87. The van der Waals surface area contributed by atoms with Gasteiger partial charge in [-0.25, -0.2) is 13.1 Å². The Morgan fingerprint density at radius 1 is 1.10 bits per heavy atom. The summed E-state index contributed by atoms with van der Waals surface area (Å²) in [6, 6.07) is 6.40. The summed E-state index contributed by atoms with van der Waals surface area (Å²) in [4.78, 5) is 2.60. The first kappa shape index (κ1) is 17.9. The molecule has 0 saturated carbocycles. The summed E-state index contributed by atoms with van der Waals surface area (Å²) < 4.78 is 31.8. The molecule has 1 aromatic rings. The van der Waals surface area contributed by atoms with Gasteiger partial charge in [-0.1, -0.05) is 13.8 Å². The van der Waals surface area contributed by atoms with Gasteiger partial charge in [0, 0.05) is 6.54 Å². The summed E-state index contributed by atoms with van der Waals surface area (Å²) in [6.07, 6.45) is 1.83. The van der Waals surface area contributed by atoms with Crippen LogP contribution in [0.25, 0.3) is 0 Å². The number of benzene rings is 1. The third kappa shape index (κ3) is 6.03. The molecule has 0 radical (unpaired) electrons. The van der Waals surface area contributed by atoms with E-state index in [9.17, 15) is 8.42 Å². The molecule has 5 nitrogen and oxygen atoms in total. The number of unbranched alkanes of at least 4 members (excludes halogenated alkanes) is 1. The normalized spacial score (nSPS) is 11.8. The highest BCUT2D eigenvalue weighted by Gasteiger charge is 2.12.